The van der Waals surface area contributed by atoms with Gasteiger partial charge in [0, 0.05) is 57.5 Å². The molecule has 10 heteroatoms. The third-order valence-corrected chi connectivity index (χ3v) is 7.85. The summed E-state index contributed by atoms with van der Waals surface area (Å²) in [6.07, 6.45) is 6.29. The van der Waals surface area contributed by atoms with E-state index in [9.17, 15) is 14.4 Å². The molecular weight excluding hydrogens is 498 g/mol. The minimum atomic E-state index is -0.978. The number of ether oxygens (including phenoxy) is 2. The Morgan fingerprint density at radius 2 is 1.95 bits per heavy atom. The van der Waals surface area contributed by atoms with Crippen molar-refractivity contribution in [1.82, 2.24) is 15.6 Å². The van der Waals surface area contributed by atoms with Crippen molar-refractivity contribution >= 4 is 29.1 Å². The summed E-state index contributed by atoms with van der Waals surface area (Å²) >= 11 is 0. The normalized spacial score (nSPS) is 22.8. The zero-order chi connectivity index (χ0) is 27.6. The third kappa shape index (κ3) is 5.62. The maximum Gasteiger partial charge on any atom is 0.270 e. The molecule has 1 aromatic heterocycles. The number of carbonyl (C=O) groups excluding carboxylic acids is 3. The smallest absolute Gasteiger partial charge is 0.270 e. The number of amides is 3. The van der Waals surface area contributed by atoms with E-state index < -0.39 is 11.0 Å². The van der Waals surface area contributed by atoms with Gasteiger partial charge >= 0.3 is 0 Å². The SMILES string of the molecule is COCCCN1C(=O)C(C)(C)Oc2ccc(NC(=O)[C@H]3CNCC(NC(=O)C4(c5ccncc5)CC4)C3)cc21. The molecule has 3 heterocycles. The zero-order valence-corrected chi connectivity index (χ0v) is 22.8. The van der Waals surface area contributed by atoms with Crippen LogP contribution in [-0.4, -0.2) is 67.7 Å². The Hall–Kier alpha value is -3.50. The van der Waals surface area contributed by atoms with Crippen molar-refractivity contribution in [2.45, 2.75) is 56.6 Å². The third-order valence-electron chi connectivity index (χ3n) is 7.85. The summed E-state index contributed by atoms with van der Waals surface area (Å²) in [5.41, 5.74) is 0.750. The van der Waals surface area contributed by atoms with E-state index in [0.29, 0.717) is 56.2 Å². The highest BCUT2D eigenvalue weighted by Crippen LogP contribution is 2.48. The topological polar surface area (TPSA) is 122 Å². The number of benzene rings is 1. The predicted octanol–water partition coefficient (Wildman–Crippen LogP) is 2.39. The molecule has 1 saturated heterocycles. The van der Waals surface area contributed by atoms with Gasteiger partial charge < -0.3 is 30.3 Å². The van der Waals surface area contributed by atoms with Gasteiger partial charge in [-0.25, -0.2) is 0 Å². The molecule has 1 saturated carbocycles. The number of fused-ring (bicyclic) bond motifs is 1. The van der Waals surface area contributed by atoms with Gasteiger partial charge in [-0.1, -0.05) is 0 Å². The molecule has 1 aromatic carbocycles. The average Bonchev–Trinajstić information content (AvgIpc) is 3.74. The van der Waals surface area contributed by atoms with Crippen molar-refractivity contribution in [3.05, 3.63) is 48.3 Å². The number of anilines is 2. The lowest BCUT2D eigenvalue weighted by Crippen LogP contribution is -2.53. The van der Waals surface area contributed by atoms with Crippen LogP contribution in [0.2, 0.25) is 0 Å². The number of nitrogens with one attached hydrogen (secondary N) is 3. The van der Waals surface area contributed by atoms with Gasteiger partial charge in [0.2, 0.25) is 11.8 Å². The number of pyridine rings is 1. The molecule has 3 amide bonds. The minimum Gasteiger partial charge on any atom is -0.476 e. The van der Waals surface area contributed by atoms with Gasteiger partial charge in [0.15, 0.2) is 5.60 Å². The first kappa shape index (κ1) is 27.1. The van der Waals surface area contributed by atoms with E-state index in [2.05, 4.69) is 20.9 Å². The molecule has 0 radical (unpaired) electrons. The van der Waals surface area contributed by atoms with E-state index in [1.807, 2.05) is 12.1 Å². The first-order valence-corrected chi connectivity index (χ1v) is 13.6. The molecule has 3 N–H and O–H groups in total. The van der Waals surface area contributed by atoms with Gasteiger partial charge in [-0.2, -0.15) is 0 Å². The number of methoxy groups -OCH3 is 1. The largest absolute Gasteiger partial charge is 0.476 e. The maximum atomic E-state index is 13.3. The number of rotatable bonds is 9. The molecule has 39 heavy (non-hydrogen) atoms. The van der Waals surface area contributed by atoms with Crippen LogP contribution in [0.5, 0.6) is 5.75 Å². The molecule has 208 valence electrons. The van der Waals surface area contributed by atoms with Crippen molar-refractivity contribution in [2.75, 3.05) is 43.6 Å². The Labute approximate surface area is 228 Å². The number of hydrogen-bond acceptors (Lipinski definition) is 7. The first-order chi connectivity index (χ1) is 18.7. The quantitative estimate of drug-likeness (QED) is 0.422. The predicted molar refractivity (Wildman–Crippen MR) is 147 cm³/mol. The molecule has 1 aliphatic carbocycles. The summed E-state index contributed by atoms with van der Waals surface area (Å²) < 4.78 is 11.1. The van der Waals surface area contributed by atoms with Gasteiger partial charge in [0.1, 0.15) is 5.75 Å². The Morgan fingerprint density at radius 1 is 1.18 bits per heavy atom. The molecule has 2 fully saturated rings. The van der Waals surface area contributed by atoms with Gasteiger partial charge in [0.05, 0.1) is 17.0 Å². The molecule has 1 unspecified atom stereocenters. The van der Waals surface area contributed by atoms with Crippen molar-refractivity contribution in [1.29, 1.82) is 0 Å². The van der Waals surface area contributed by atoms with Crippen LogP contribution in [0, 0.1) is 5.92 Å². The summed E-state index contributed by atoms with van der Waals surface area (Å²) in [5, 5.41) is 9.49. The van der Waals surface area contributed by atoms with Crippen molar-refractivity contribution in [2.24, 2.45) is 5.92 Å². The standard InChI is InChI=1S/C29H37N5O5/c1-28(2)27(37)34(13-4-14-38-3)23-16-21(5-6-24(23)39-28)32-25(35)19-15-22(18-31-17-19)33-26(36)29(9-10-29)20-7-11-30-12-8-20/h5-8,11-12,16,19,22,31H,4,9-10,13-15,17-18H2,1-3H3,(H,32,35)(H,33,36)/t19-,22?/m1/s1. The Kier molecular flexibility index (Phi) is 7.59. The highest BCUT2D eigenvalue weighted by molar-refractivity contribution is 6.03. The maximum absolute atomic E-state index is 13.3. The van der Waals surface area contributed by atoms with Crippen LogP contribution >= 0.6 is 0 Å². The summed E-state index contributed by atoms with van der Waals surface area (Å²) in [7, 11) is 1.63. The van der Waals surface area contributed by atoms with E-state index in [1.54, 1.807) is 56.4 Å². The lowest BCUT2D eigenvalue weighted by molar-refractivity contribution is -0.132. The van der Waals surface area contributed by atoms with E-state index in [0.717, 1.165) is 18.4 Å². The molecule has 5 rings (SSSR count). The van der Waals surface area contributed by atoms with Gasteiger partial charge in [0.25, 0.3) is 5.91 Å². The second-order valence-corrected chi connectivity index (χ2v) is 11.2. The monoisotopic (exact) mass is 535 g/mol. The molecule has 3 aliphatic rings. The van der Waals surface area contributed by atoms with Crippen LogP contribution in [0.1, 0.15) is 45.1 Å². The van der Waals surface area contributed by atoms with E-state index in [4.69, 9.17) is 9.47 Å². The molecule has 10 nitrogen and oxygen atoms in total. The van der Waals surface area contributed by atoms with Crippen LogP contribution < -0.4 is 25.6 Å². The van der Waals surface area contributed by atoms with Crippen molar-refractivity contribution in [3.8, 4) is 5.75 Å². The molecule has 0 bridgehead atoms. The number of hydrogen-bond donors (Lipinski definition) is 3. The molecule has 0 spiro atoms. The zero-order valence-electron chi connectivity index (χ0n) is 22.8. The van der Waals surface area contributed by atoms with E-state index in [-0.39, 0.29) is 29.7 Å². The number of aromatic nitrogens is 1. The molecule has 2 aliphatic heterocycles. The van der Waals surface area contributed by atoms with Gasteiger partial charge in [-0.15, -0.1) is 0 Å². The number of piperidine rings is 1. The summed E-state index contributed by atoms with van der Waals surface area (Å²) in [5.74, 6) is 0.0272. The second-order valence-electron chi connectivity index (χ2n) is 11.2. The first-order valence-electron chi connectivity index (χ1n) is 13.6. The van der Waals surface area contributed by atoms with Gasteiger partial charge in [-0.05, 0) is 75.4 Å². The van der Waals surface area contributed by atoms with Crippen LogP contribution in [0.25, 0.3) is 0 Å². The number of nitrogens with zero attached hydrogens (tertiary/aromatic N) is 2. The van der Waals surface area contributed by atoms with Crippen molar-refractivity contribution < 1.29 is 23.9 Å². The Morgan fingerprint density at radius 3 is 2.67 bits per heavy atom. The van der Waals surface area contributed by atoms with Crippen LogP contribution in [-0.2, 0) is 24.5 Å². The van der Waals surface area contributed by atoms with Crippen LogP contribution in [0.3, 0.4) is 0 Å². The summed E-state index contributed by atoms with van der Waals surface area (Å²) in [4.78, 5) is 45.3. The fourth-order valence-electron chi connectivity index (χ4n) is 5.50. The number of carbonyl (C=O) groups is 3. The lowest BCUT2D eigenvalue weighted by Gasteiger charge is -2.39. The van der Waals surface area contributed by atoms with E-state index in [1.165, 1.54) is 0 Å². The lowest BCUT2D eigenvalue weighted by atomic mass is 9.92. The van der Waals surface area contributed by atoms with Crippen LogP contribution in [0.4, 0.5) is 11.4 Å². The fraction of sp³-hybridized carbons (Fsp3) is 0.517. The Balaban J connectivity index is 1.23. The highest BCUT2D eigenvalue weighted by Gasteiger charge is 2.51. The summed E-state index contributed by atoms with van der Waals surface area (Å²) in [6.45, 7) is 5.67. The van der Waals surface area contributed by atoms with Crippen molar-refractivity contribution in [3.63, 3.8) is 0 Å². The fourth-order valence-corrected chi connectivity index (χ4v) is 5.50. The molecule has 2 aromatic rings. The van der Waals surface area contributed by atoms with E-state index >= 15 is 0 Å². The minimum absolute atomic E-state index is 0.0115. The van der Waals surface area contributed by atoms with Crippen LogP contribution in [0.15, 0.2) is 42.7 Å². The average molecular weight is 536 g/mol. The Bertz CT molecular complexity index is 1230. The molecular formula is C29H37N5O5. The summed E-state index contributed by atoms with van der Waals surface area (Å²) in [6, 6.07) is 9.02. The van der Waals surface area contributed by atoms with Gasteiger partial charge in [-0.3, -0.25) is 19.4 Å². The second kappa shape index (κ2) is 10.9. The highest BCUT2D eigenvalue weighted by atomic mass is 16.5. The molecule has 2 atom stereocenters.